The van der Waals surface area contributed by atoms with Crippen molar-refractivity contribution in [3.63, 3.8) is 0 Å². The number of ether oxygens (including phenoxy) is 4. The number of fused-ring (bicyclic) bond motifs is 40. The van der Waals surface area contributed by atoms with Gasteiger partial charge in [0.1, 0.15) is 46.0 Å². The first-order valence-electron chi connectivity index (χ1n) is 47.7. The minimum atomic E-state index is -0.801. The number of benzene rings is 22. The quantitative estimate of drug-likeness (QED) is 0.143. The Morgan fingerprint density at radius 3 is 0.862 bits per heavy atom. The summed E-state index contributed by atoms with van der Waals surface area (Å²) in [5.41, 5.74) is 38.2. The summed E-state index contributed by atoms with van der Waals surface area (Å²) in [6.45, 7) is 0. The number of rotatable bonds is 9. The monoisotopic (exact) mass is 1760 g/mol. The maximum Gasteiger partial charge on any atom is 0.132 e. The molecule has 0 fully saturated rings. The summed E-state index contributed by atoms with van der Waals surface area (Å²) in [5.74, 6) is 6.79. The molecule has 22 aromatic rings. The van der Waals surface area contributed by atoms with Gasteiger partial charge in [0.25, 0.3) is 0 Å². The second-order valence-corrected chi connectivity index (χ2v) is 37.7. The van der Waals surface area contributed by atoms with Crippen molar-refractivity contribution in [2.24, 2.45) is 0 Å². The predicted octanol–water partition coefficient (Wildman–Crippen LogP) is 33.8. The first-order chi connectivity index (χ1) is 68.4. The number of nitrogens with zero attached hydrogens (tertiary/aromatic N) is 2. The fraction of sp³-hybridized carbons (Fsp3) is 0.0303. The molecular formula is C132H80N2O4. The van der Waals surface area contributed by atoms with E-state index in [2.05, 4.69) is 495 Å². The van der Waals surface area contributed by atoms with Crippen LogP contribution in [0.3, 0.4) is 0 Å². The van der Waals surface area contributed by atoms with E-state index in [4.69, 9.17) is 18.9 Å². The maximum atomic E-state index is 7.38. The summed E-state index contributed by atoms with van der Waals surface area (Å²) in [7, 11) is 0. The minimum absolute atomic E-state index is 0.686. The van der Waals surface area contributed by atoms with Crippen LogP contribution in [0.25, 0.3) is 99.4 Å². The molecule has 8 aliphatic rings. The Hall–Kier alpha value is -17.8. The lowest BCUT2D eigenvalue weighted by Crippen LogP contribution is -2.32. The highest BCUT2D eigenvalue weighted by Gasteiger charge is 2.58. The first kappa shape index (κ1) is 76.7. The van der Waals surface area contributed by atoms with Gasteiger partial charge >= 0.3 is 0 Å². The molecule has 0 bridgehead atoms. The van der Waals surface area contributed by atoms with Crippen LogP contribution in [0, 0.1) is 0 Å². The van der Waals surface area contributed by atoms with Gasteiger partial charge in [0.05, 0.1) is 33.0 Å². The van der Waals surface area contributed by atoms with Gasteiger partial charge in [-0.05, 0) is 242 Å². The van der Waals surface area contributed by atoms with Crippen molar-refractivity contribution in [1.82, 2.24) is 0 Å². The molecule has 138 heavy (non-hydrogen) atoms. The predicted molar refractivity (Wildman–Crippen MR) is 557 cm³/mol. The molecule has 0 radical (unpaired) electrons. The van der Waals surface area contributed by atoms with Crippen molar-refractivity contribution in [3.8, 4) is 124 Å². The van der Waals surface area contributed by atoms with Crippen molar-refractivity contribution >= 4 is 55.7 Å². The molecule has 642 valence electrons. The number of hydrogen-bond donors (Lipinski definition) is 0. The number of para-hydroxylation sites is 7. The van der Waals surface area contributed by atoms with Crippen LogP contribution in [0.4, 0.5) is 34.1 Å². The average Bonchev–Trinajstić information content (AvgIpc) is 1.52. The van der Waals surface area contributed by atoms with Crippen LogP contribution in [0.1, 0.15) is 89.0 Å². The molecular weight excluding hydrogens is 1680 g/mol. The van der Waals surface area contributed by atoms with Crippen molar-refractivity contribution in [2.45, 2.75) is 21.7 Å². The normalized spacial score (nSPS) is 15.1. The van der Waals surface area contributed by atoms with Gasteiger partial charge in [-0.3, -0.25) is 0 Å². The second kappa shape index (κ2) is 28.8. The van der Waals surface area contributed by atoms with Crippen LogP contribution >= 0.6 is 0 Å². The topological polar surface area (TPSA) is 43.4 Å². The summed E-state index contributed by atoms with van der Waals surface area (Å²) < 4.78 is 28.1. The summed E-state index contributed by atoms with van der Waals surface area (Å²) >= 11 is 0. The van der Waals surface area contributed by atoms with Crippen molar-refractivity contribution in [2.75, 3.05) is 9.80 Å². The number of hydrogen-bond acceptors (Lipinski definition) is 6. The van der Waals surface area contributed by atoms with E-state index in [1.165, 1.54) is 105 Å². The fourth-order valence-corrected chi connectivity index (χ4v) is 25.9. The molecule has 0 amide bonds. The Kier molecular flexibility index (Phi) is 16.0. The van der Waals surface area contributed by atoms with E-state index in [9.17, 15) is 0 Å². The van der Waals surface area contributed by atoms with Gasteiger partial charge < -0.3 is 28.7 Å². The maximum absolute atomic E-state index is 7.38. The van der Waals surface area contributed by atoms with Crippen LogP contribution < -0.4 is 28.7 Å². The molecule has 6 nitrogen and oxygen atoms in total. The molecule has 4 heterocycles. The molecule has 1 unspecified atom stereocenters. The lowest BCUT2D eigenvalue weighted by atomic mass is 9.66. The minimum Gasteiger partial charge on any atom is -0.457 e. The first-order valence-corrected chi connectivity index (χ1v) is 47.7. The standard InChI is InChI=1S/C132H80N2O4/c1-2-28-81(29-3-1)83-60-67-90(68-61-83)134(92-71-73-97-114(80-92)132(112-75-64-86-30-4-6-32-93(86)125(97)112)107-43-17-23-53-121(107)137-122-54-24-18-44-108(122)132)116-48-27-46-111-128(116)96-35-9-11-37-100(96)130(111)106-42-16-25-55-123(106)138-124-78-88(66-74-109(124)130)85-58-56-82(57-59-85)84-62-69-89(70-63-84)133(115-47-26-45-110-127(115)95-34-8-10-36-99(95)129(110)102-38-12-19-49-117(102)135-118-50-20-13-39-103(118)129)91-72-77-101-98(79-91)126-94-33-7-5-31-87(94)65-76-113(126)131(101)104-40-14-21-51-119(104)136-120-52-22-15-41-105(120)131/h1-80H. The van der Waals surface area contributed by atoms with Crippen LogP contribution in [-0.4, -0.2) is 0 Å². The Balaban J connectivity index is 0.556. The zero-order chi connectivity index (χ0) is 90.3. The second-order valence-electron chi connectivity index (χ2n) is 37.7. The third-order valence-corrected chi connectivity index (χ3v) is 31.3. The fourth-order valence-electron chi connectivity index (χ4n) is 25.9. The van der Waals surface area contributed by atoms with Crippen molar-refractivity contribution < 1.29 is 18.9 Å². The largest absolute Gasteiger partial charge is 0.457 e. The summed E-state index contributed by atoms with van der Waals surface area (Å²) in [6, 6.07) is 180. The van der Waals surface area contributed by atoms with E-state index in [-0.39, 0.29) is 0 Å². The van der Waals surface area contributed by atoms with Crippen molar-refractivity contribution in [1.29, 1.82) is 0 Å². The lowest BCUT2D eigenvalue weighted by Gasteiger charge is -2.40. The van der Waals surface area contributed by atoms with Crippen LogP contribution in [-0.2, 0) is 21.7 Å². The number of anilines is 6. The molecule has 0 saturated carbocycles. The molecule has 0 aromatic heterocycles. The highest BCUT2D eigenvalue weighted by atomic mass is 16.5. The molecule has 0 saturated heterocycles. The lowest BCUT2D eigenvalue weighted by molar-refractivity contribution is 0.436. The van der Waals surface area contributed by atoms with Gasteiger partial charge in [-0.1, -0.05) is 376 Å². The van der Waals surface area contributed by atoms with E-state index >= 15 is 0 Å². The molecule has 1 atom stereocenters. The average molecular weight is 1760 g/mol. The zero-order valence-corrected chi connectivity index (χ0v) is 74.7. The molecule has 4 aliphatic heterocycles. The Morgan fingerprint density at radius 1 is 0.145 bits per heavy atom. The molecule has 22 aromatic carbocycles. The van der Waals surface area contributed by atoms with Crippen LogP contribution in [0.5, 0.6) is 46.0 Å². The SMILES string of the molecule is c1ccc(-c2ccc(N(c3ccc4c(c3)C3(c5ccccc5Oc5ccccc53)c3ccc5ccccc5c3-4)c3cccc4c3-c3ccccc3C43c4ccccc4Oc4cc(-c5ccc(-c6ccc(N(c7ccc8c(c7)-c7c(ccc9ccccc79)C87c8ccccc8Oc8ccccc87)c7cccc8c7-c7ccccc7C87c8ccccc8Oc8ccccc87)cc6)cc5)ccc43)cc2)cc1. The van der Waals surface area contributed by atoms with E-state index < -0.39 is 21.7 Å². The third kappa shape index (κ3) is 10.2. The van der Waals surface area contributed by atoms with Gasteiger partial charge in [-0.2, -0.15) is 0 Å². The van der Waals surface area contributed by atoms with E-state index in [1.807, 2.05) is 0 Å². The zero-order valence-electron chi connectivity index (χ0n) is 74.7. The molecule has 30 rings (SSSR count). The third-order valence-electron chi connectivity index (χ3n) is 31.3. The Bertz CT molecular complexity index is 8870. The summed E-state index contributed by atoms with van der Waals surface area (Å²) in [5, 5.41) is 4.83. The van der Waals surface area contributed by atoms with E-state index in [1.54, 1.807) is 0 Å². The highest BCUT2D eigenvalue weighted by Crippen LogP contribution is 2.71. The van der Waals surface area contributed by atoms with Gasteiger partial charge in [-0.15, -0.1) is 0 Å². The molecule has 0 N–H and O–H groups in total. The molecule has 4 aliphatic carbocycles. The molecule has 4 spiro atoms. The van der Waals surface area contributed by atoms with Gasteiger partial charge in [-0.25, -0.2) is 0 Å². The van der Waals surface area contributed by atoms with E-state index in [0.717, 1.165) is 164 Å². The highest BCUT2D eigenvalue weighted by molar-refractivity contribution is 6.09. The Morgan fingerprint density at radius 2 is 0.420 bits per heavy atom. The van der Waals surface area contributed by atoms with E-state index in [0.29, 0.717) is 0 Å². The van der Waals surface area contributed by atoms with Crippen molar-refractivity contribution in [3.05, 3.63) is 574 Å². The smallest absolute Gasteiger partial charge is 0.132 e. The van der Waals surface area contributed by atoms with Crippen LogP contribution in [0.2, 0.25) is 0 Å². The summed E-state index contributed by atoms with van der Waals surface area (Å²) in [6.07, 6.45) is 0. The van der Waals surface area contributed by atoms with Crippen LogP contribution in [0.15, 0.2) is 485 Å². The summed E-state index contributed by atoms with van der Waals surface area (Å²) in [4.78, 5) is 5.06. The van der Waals surface area contributed by atoms with Gasteiger partial charge in [0, 0.05) is 78.4 Å². The van der Waals surface area contributed by atoms with Gasteiger partial charge in [0.15, 0.2) is 0 Å². The van der Waals surface area contributed by atoms with Gasteiger partial charge in [0.2, 0.25) is 0 Å². The molecule has 6 heteroatoms. The Labute approximate surface area is 798 Å².